The number of ether oxygens (including phenoxy) is 1. The SMILES string of the molecule is O=C(COc1ccc([N+](=O)[O-])cc1Cl)NCCCc1ccccc1. The summed E-state index contributed by atoms with van der Waals surface area (Å²) in [5.41, 5.74) is 1.10. The van der Waals surface area contributed by atoms with Gasteiger partial charge in [-0.2, -0.15) is 0 Å². The molecular weight excluding hydrogens is 332 g/mol. The molecular formula is C17H17ClN2O4. The molecule has 0 bridgehead atoms. The Labute approximate surface area is 144 Å². The van der Waals surface area contributed by atoms with E-state index in [0.29, 0.717) is 6.54 Å². The van der Waals surface area contributed by atoms with Gasteiger partial charge in [0.1, 0.15) is 5.75 Å². The van der Waals surface area contributed by atoms with Gasteiger partial charge in [0.05, 0.1) is 9.95 Å². The molecule has 0 radical (unpaired) electrons. The van der Waals surface area contributed by atoms with Gasteiger partial charge >= 0.3 is 0 Å². The minimum atomic E-state index is -0.547. The lowest BCUT2D eigenvalue weighted by atomic mass is 10.1. The fourth-order valence-electron chi connectivity index (χ4n) is 2.08. The van der Waals surface area contributed by atoms with Gasteiger partial charge in [0, 0.05) is 18.7 Å². The van der Waals surface area contributed by atoms with Crippen molar-refractivity contribution >= 4 is 23.2 Å². The number of nitro groups is 1. The van der Waals surface area contributed by atoms with Crippen LogP contribution < -0.4 is 10.1 Å². The number of rotatable bonds is 8. The van der Waals surface area contributed by atoms with Crippen LogP contribution in [0, 0.1) is 10.1 Å². The van der Waals surface area contributed by atoms with E-state index in [4.69, 9.17) is 16.3 Å². The molecule has 2 rings (SSSR count). The van der Waals surface area contributed by atoms with Gasteiger partial charge in [0.15, 0.2) is 6.61 Å². The summed E-state index contributed by atoms with van der Waals surface area (Å²) in [4.78, 5) is 21.8. The van der Waals surface area contributed by atoms with E-state index in [0.717, 1.165) is 12.8 Å². The first-order valence-corrected chi connectivity index (χ1v) is 7.81. The Bertz CT molecular complexity index is 707. The maximum absolute atomic E-state index is 11.7. The summed E-state index contributed by atoms with van der Waals surface area (Å²) in [7, 11) is 0. The Morgan fingerprint density at radius 2 is 1.96 bits per heavy atom. The van der Waals surface area contributed by atoms with Crippen LogP contribution in [0.25, 0.3) is 0 Å². The molecule has 2 aromatic carbocycles. The van der Waals surface area contributed by atoms with Crippen molar-refractivity contribution in [3.8, 4) is 5.75 Å². The monoisotopic (exact) mass is 348 g/mol. The lowest BCUT2D eigenvalue weighted by Crippen LogP contribution is -2.29. The summed E-state index contributed by atoms with van der Waals surface area (Å²) < 4.78 is 5.28. The first-order valence-electron chi connectivity index (χ1n) is 7.43. The average Bonchev–Trinajstić information content (AvgIpc) is 2.58. The van der Waals surface area contributed by atoms with E-state index in [1.54, 1.807) is 0 Å². The molecule has 0 saturated heterocycles. The summed E-state index contributed by atoms with van der Waals surface area (Å²) >= 11 is 5.89. The van der Waals surface area contributed by atoms with Gasteiger partial charge in [-0.1, -0.05) is 41.9 Å². The molecule has 0 fully saturated rings. The predicted octanol–water partition coefficient (Wildman–Crippen LogP) is 3.38. The molecule has 0 aliphatic rings. The van der Waals surface area contributed by atoms with E-state index in [2.05, 4.69) is 5.32 Å². The molecule has 0 aliphatic heterocycles. The number of carbonyl (C=O) groups excluding carboxylic acids is 1. The van der Waals surface area contributed by atoms with E-state index >= 15 is 0 Å². The predicted molar refractivity (Wildman–Crippen MR) is 91.4 cm³/mol. The van der Waals surface area contributed by atoms with Crippen molar-refractivity contribution < 1.29 is 14.5 Å². The van der Waals surface area contributed by atoms with Crippen molar-refractivity contribution in [2.24, 2.45) is 0 Å². The number of non-ortho nitro benzene ring substituents is 1. The van der Waals surface area contributed by atoms with Crippen LogP contribution >= 0.6 is 11.6 Å². The number of aryl methyl sites for hydroxylation is 1. The molecule has 2 aromatic rings. The topological polar surface area (TPSA) is 81.5 Å². The van der Waals surface area contributed by atoms with Gasteiger partial charge in [-0.15, -0.1) is 0 Å². The average molecular weight is 349 g/mol. The van der Waals surface area contributed by atoms with E-state index in [1.165, 1.54) is 23.8 Å². The largest absolute Gasteiger partial charge is 0.482 e. The van der Waals surface area contributed by atoms with E-state index in [-0.39, 0.29) is 29.0 Å². The number of amides is 1. The normalized spacial score (nSPS) is 10.2. The molecule has 0 unspecified atom stereocenters. The molecule has 0 spiro atoms. The maximum atomic E-state index is 11.7. The van der Waals surface area contributed by atoms with Crippen LogP contribution in [0.2, 0.25) is 5.02 Å². The summed E-state index contributed by atoms with van der Waals surface area (Å²) in [6.45, 7) is 0.355. The second kappa shape index (κ2) is 8.88. The molecule has 6 nitrogen and oxygen atoms in total. The molecule has 1 N–H and O–H groups in total. The third-order valence-electron chi connectivity index (χ3n) is 3.29. The van der Waals surface area contributed by atoms with Crippen LogP contribution in [0.3, 0.4) is 0 Å². The highest BCUT2D eigenvalue weighted by molar-refractivity contribution is 6.32. The van der Waals surface area contributed by atoms with Gasteiger partial charge in [-0.25, -0.2) is 0 Å². The molecule has 0 saturated carbocycles. The lowest BCUT2D eigenvalue weighted by molar-refractivity contribution is -0.384. The first-order chi connectivity index (χ1) is 11.6. The highest BCUT2D eigenvalue weighted by Gasteiger charge is 2.11. The Morgan fingerprint density at radius 3 is 2.62 bits per heavy atom. The highest BCUT2D eigenvalue weighted by atomic mass is 35.5. The summed E-state index contributed by atoms with van der Waals surface area (Å²) in [5, 5.41) is 13.5. The Balaban J connectivity index is 1.70. The highest BCUT2D eigenvalue weighted by Crippen LogP contribution is 2.28. The third kappa shape index (κ3) is 5.55. The number of hydrogen-bond acceptors (Lipinski definition) is 4. The quantitative estimate of drug-likeness (QED) is 0.450. The minimum Gasteiger partial charge on any atom is -0.482 e. The van der Waals surface area contributed by atoms with Gasteiger partial charge in [-0.05, 0) is 24.5 Å². The molecule has 126 valence electrons. The Kier molecular flexibility index (Phi) is 6.57. The molecule has 0 atom stereocenters. The molecule has 0 heterocycles. The summed E-state index contributed by atoms with van der Waals surface area (Å²) in [5.74, 6) is -0.0285. The van der Waals surface area contributed by atoms with Crippen molar-refractivity contribution in [1.29, 1.82) is 0 Å². The zero-order valence-corrected chi connectivity index (χ0v) is 13.7. The third-order valence-corrected chi connectivity index (χ3v) is 3.59. The van der Waals surface area contributed by atoms with E-state index < -0.39 is 4.92 Å². The standard InChI is InChI=1S/C17H17ClN2O4/c18-15-11-14(20(22)23)8-9-16(15)24-12-17(21)19-10-4-7-13-5-2-1-3-6-13/h1-3,5-6,8-9,11H,4,7,10,12H2,(H,19,21). The molecule has 0 aliphatic carbocycles. The molecule has 24 heavy (non-hydrogen) atoms. The number of carbonyl (C=O) groups is 1. The van der Waals surface area contributed by atoms with Crippen molar-refractivity contribution in [1.82, 2.24) is 5.32 Å². The summed E-state index contributed by atoms with van der Waals surface area (Å²) in [6.07, 6.45) is 1.71. The fourth-order valence-corrected chi connectivity index (χ4v) is 2.31. The van der Waals surface area contributed by atoms with Crippen LogP contribution in [0.1, 0.15) is 12.0 Å². The maximum Gasteiger partial charge on any atom is 0.271 e. The van der Waals surface area contributed by atoms with Gasteiger partial charge in [0.25, 0.3) is 11.6 Å². The van der Waals surface area contributed by atoms with Gasteiger partial charge in [-0.3, -0.25) is 14.9 Å². The second-order valence-corrected chi connectivity index (χ2v) is 5.51. The van der Waals surface area contributed by atoms with Crippen molar-refractivity contribution in [3.05, 3.63) is 69.2 Å². The zero-order chi connectivity index (χ0) is 17.4. The van der Waals surface area contributed by atoms with Crippen molar-refractivity contribution in [2.75, 3.05) is 13.2 Å². The van der Waals surface area contributed by atoms with Crippen LogP contribution in [-0.4, -0.2) is 24.0 Å². The molecule has 1 amide bonds. The van der Waals surface area contributed by atoms with E-state index in [1.807, 2.05) is 30.3 Å². The Hall–Kier alpha value is -2.60. The molecule has 7 heteroatoms. The van der Waals surface area contributed by atoms with Crippen LogP contribution in [0.4, 0.5) is 5.69 Å². The van der Waals surface area contributed by atoms with Crippen LogP contribution in [0.15, 0.2) is 48.5 Å². The summed E-state index contributed by atoms with van der Waals surface area (Å²) in [6, 6.07) is 13.9. The van der Waals surface area contributed by atoms with Crippen LogP contribution in [-0.2, 0) is 11.2 Å². The Morgan fingerprint density at radius 1 is 1.21 bits per heavy atom. The zero-order valence-electron chi connectivity index (χ0n) is 12.9. The number of halogens is 1. The van der Waals surface area contributed by atoms with Crippen molar-refractivity contribution in [2.45, 2.75) is 12.8 Å². The number of nitro benzene ring substituents is 1. The smallest absolute Gasteiger partial charge is 0.271 e. The van der Waals surface area contributed by atoms with Gasteiger partial charge in [0.2, 0.25) is 0 Å². The first kappa shape index (κ1) is 17.7. The minimum absolute atomic E-state index is 0.0982. The number of nitrogens with one attached hydrogen (secondary N) is 1. The lowest BCUT2D eigenvalue weighted by Gasteiger charge is -2.08. The number of hydrogen-bond donors (Lipinski definition) is 1. The second-order valence-electron chi connectivity index (χ2n) is 5.10. The number of benzene rings is 2. The van der Waals surface area contributed by atoms with E-state index in [9.17, 15) is 14.9 Å². The molecule has 0 aromatic heterocycles. The van der Waals surface area contributed by atoms with Crippen LogP contribution in [0.5, 0.6) is 5.75 Å². The van der Waals surface area contributed by atoms with Gasteiger partial charge < -0.3 is 10.1 Å². The van der Waals surface area contributed by atoms with Crippen molar-refractivity contribution in [3.63, 3.8) is 0 Å². The fraction of sp³-hybridized carbons (Fsp3) is 0.235. The number of nitrogens with zero attached hydrogens (tertiary/aromatic N) is 1.